The summed E-state index contributed by atoms with van der Waals surface area (Å²) in [6.07, 6.45) is 2.37. The van der Waals surface area contributed by atoms with Crippen molar-refractivity contribution < 1.29 is 4.79 Å². The number of hydrogen-bond donors (Lipinski definition) is 1. The zero-order chi connectivity index (χ0) is 14.0. The predicted octanol–water partition coefficient (Wildman–Crippen LogP) is 1.64. The molecule has 2 heterocycles. The van der Waals surface area contributed by atoms with E-state index >= 15 is 0 Å². The molecule has 1 saturated carbocycles. The molecule has 0 spiro atoms. The molecule has 3 heteroatoms. The monoisotopic (exact) mass is 282 g/mol. The van der Waals surface area contributed by atoms with Gasteiger partial charge in [0.15, 0.2) is 0 Å². The maximum absolute atomic E-state index is 12.9. The highest BCUT2D eigenvalue weighted by atomic mass is 16.2. The number of nitrogens with zero attached hydrogens (tertiary/aromatic N) is 1. The van der Waals surface area contributed by atoms with Crippen LogP contribution < -0.4 is 5.32 Å². The summed E-state index contributed by atoms with van der Waals surface area (Å²) >= 11 is 0. The highest BCUT2D eigenvalue weighted by Gasteiger charge is 2.58. The SMILES string of the molecule is O=C(C1C2CCc3ccccc3C21)N1CC2CNCC2C1. The van der Waals surface area contributed by atoms with Crippen LogP contribution in [-0.2, 0) is 11.2 Å². The molecule has 0 radical (unpaired) electrons. The first-order valence-electron chi connectivity index (χ1n) is 8.40. The quantitative estimate of drug-likeness (QED) is 0.849. The van der Waals surface area contributed by atoms with Gasteiger partial charge in [-0.05, 0) is 47.6 Å². The van der Waals surface area contributed by atoms with Crippen molar-refractivity contribution in [2.45, 2.75) is 18.8 Å². The molecule has 5 rings (SSSR count). The lowest BCUT2D eigenvalue weighted by atomic mass is 9.92. The van der Waals surface area contributed by atoms with E-state index in [0.717, 1.165) is 32.6 Å². The van der Waals surface area contributed by atoms with E-state index in [1.54, 1.807) is 0 Å². The first-order valence-corrected chi connectivity index (χ1v) is 8.40. The fourth-order valence-electron chi connectivity index (χ4n) is 5.15. The molecule has 2 aliphatic heterocycles. The van der Waals surface area contributed by atoms with Crippen LogP contribution in [0.3, 0.4) is 0 Å². The number of hydrogen-bond acceptors (Lipinski definition) is 2. The molecule has 5 unspecified atom stereocenters. The van der Waals surface area contributed by atoms with Crippen LogP contribution in [0.2, 0.25) is 0 Å². The van der Waals surface area contributed by atoms with Crippen LogP contribution in [0.1, 0.15) is 23.5 Å². The Morgan fingerprint density at radius 3 is 2.71 bits per heavy atom. The van der Waals surface area contributed by atoms with Crippen molar-refractivity contribution in [1.82, 2.24) is 10.2 Å². The van der Waals surface area contributed by atoms with E-state index < -0.39 is 0 Å². The van der Waals surface area contributed by atoms with Crippen LogP contribution in [0.5, 0.6) is 0 Å². The second-order valence-corrected chi connectivity index (χ2v) is 7.37. The number of rotatable bonds is 1. The van der Waals surface area contributed by atoms with E-state index in [9.17, 15) is 4.79 Å². The molecule has 3 nitrogen and oxygen atoms in total. The van der Waals surface area contributed by atoms with Crippen LogP contribution in [0, 0.1) is 23.7 Å². The standard InChI is InChI=1S/C18H22N2O/c21-18(20-9-12-7-19-8-13(12)10-20)17-15-6-5-11-3-1-2-4-14(11)16(15)17/h1-4,12-13,15-17,19H,5-10H2. The number of carbonyl (C=O) groups excluding carboxylic acids is 1. The van der Waals surface area contributed by atoms with Gasteiger partial charge in [0, 0.05) is 32.1 Å². The number of amides is 1. The third-order valence-electron chi connectivity index (χ3n) is 6.32. The summed E-state index contributed by atoms with van der Waals surface area (Å²) in [5, 5.41) is 3.45. The molecule has 2 saturated heterocycles. The van der Waals surface area contributed by atoms with E-state index in [1.807, 2.05) is 0 Å². The van der Waals surface area contributed by atoms with Crippen molar-refractivity contribution in [2.75, 3.05) is 26.2 Å². The average molecular weight is 282 g/mol. The van der Waals surface area contributed by atoms with Gasteiger partial charge in [0.1, 0.15) is 0 Å². The number of fused-ring (bicyclic) bond motifs is 4. The van der Waals surface area contributed by atoms with Crippen LogP contribution in [0.25, 0.3) is 0 Å². The summed E-state index contributed by atoms with van der Waals surface area (Å²) in [7, 11) is 0. The molecular formula is C18H22N2O. The van der Waals surface area contributed by atoms with Crippen molar-refractivity contribution in [3.8, 4) is 0 Å². The van der Waals surface area contributed by atoms with Gasteiger partial charge in [-0.15, -0.1) is 0 Å². The highest BCUT2D eigenvalue weighted by molar-refractivity contribution is 5.84. The number of nitrogens with one attached hydrogen (secondary N) is 1. The third-order valence-corrected chi connectivity index (χ3v) is 6.32. The molecule has 3 fully saturated rings. The summed E-state index contributed by atoms with van der Waals surface area (Å²) < 4.78 is 0. The Labute approximate surface area is 125 Å². The first kappa shape index (κ1) is 12.2. The van der Waals surface area contributed by atoms with Gasteiger partial charge in [-0.3, -0.25) is 4.79 Å². The summed E-state index contributed by atoms with van der Waals surface area (Å²) in [5.74, 6) is 3.33. The molecule has 1 aromatic carbocycles. The van der Waals surface area contributed by atoms with E-state index in [0.29, 0.717) is 35.5 Å². The normalized spacial score (nSPS) is 39.6. The van der Waals surface area contributed by atoms with Gasteiger partial charge in [0.25, 0.3) is 0 Å². The zero-order valence-corrected chi connectivity index (χ0v) is 12.3. The van der Waals surface area contributed by atoms with Crippen molar-refractivity contribution >= 4 is 5.91 Å². The predicted molar refractivity (Wildman–Crippen MR) is 80.9 cm³/mol. The second-order valence-electron chi connectivity index (χ2n) is 7.37. The van der Waals surface area contributed by atoms with Gasteiger partial charge in [-0.1, -0.05) is 24.3 Å². The summed E-state index contributed by atoms with van der Waals surface area (Å²) in [4.78, 5) is 15.1. The van der Waals surface area contributed by atoms with Crippen molar-refractivity contribution in [3.63, 3.8) is 0 Å². The van der Waals surface area contributed by atoms with Crippen molar-refractivity contribution in [1.29, 1.82) is 0 Å². The molecule has 4 aliphatic rings. The lowest BCUT2D eigenvalue weighted by molar-refractivity contribution is -0.132. The maximum Gasteiger partial charge on any atom is 0.226 e. The Morgan fingerprint density at radius 1 is 1.14 bits per heavy atom. The van der Waals surface area contributed by atoms with Gasteiger partial charge in [-0.25, -0.2) is 0 Å². The molecule has 21 heavy (non-hydrogen) atoms. The lowest BCUT2D eigenvalue weighted by Crippen LogP contribution is -2.33. The molecule has 1 amide bonds. The van der Waals surface area contributed by atoms with Crippen LogP contribution in [0.15, 0.2) is 24.3 Å². The molecular weight excluding hydrogens is 260 g/mol. The summed E-state index contributed by atoms with van der Waals surface area (Å²) in [6, 6.07) is 8.76. The number of carbonyl (C=O) groups is 1. The summed E-state index contributed by atoms with van der Waals surface area (Å²) in [5.41, 5.74) is 2.95. The van der Waals surface area contributed by atoms with Gasteiger partial charge in [-0.2, -0.15) is 0 Å². The Bertz CT molecular complexity index is 587. The van der Waals surface area contributed by atoms with Gasteiger partial charge >= 0.3 is 0 Å². The number of likely N-dealkylation sites (tertiary alicyclic amines) is 1. The molecule has 2 aliphatic carbocycles. The Morgan fingerprint density at radius 2 is 1.90 bits per heavy atom. The lowest BCUT2D eigenvalue weighted by Gasteiger charge is -2.17. The van der Waals surface area contributed by atoms with Crippen molar-refractivity contribution in [2.24, 2.45) is 23.7 Å². The van der Waals surface area contributed by atoms with Crippen LogP contribution in [0.4, 0.5) is 0 Å². The van der Waals surface area contributed by atoms with E-state index in [-0.39, 0.29) is 0 Å². The van der Waals surface area contributed by atoms with E-state index in [2.05, 4.69) is 34.5 Å². The van der Waals surface area contributed by atoms with Gasteiger partial charge < -0.3 is 10.2 Å². The molecule has 0 bridgehead atoms. The van der Waals surface area contributed by atoms with Crippen LogP contribution in [-0.4, -0.2) is 37.0 Å². The second kappa shape index (κ2) is 4.33. The molecule has 110 valence electrons. The van der Waals surface area contributed by atoms with Crippen LogP contribution >= 0.6 is 0 Å². The highest BCUT2D eigenvalue weighted by Crippen LogP contribution is 2.60. The Hall–Kier alpha value is -1.35. The summed E-state index contributed by atoms with van der Waals surface area (Å²) in [6.45, 7) is 4.20. The minimum Gasteiger partial charge on any atom is -0.342 e. The molecule has 5 atom stereocenters. The molecule has 1 aromatic rings. The third kappa shape index (κ3) is 1.73. The minimum atomic E-state index is 0.292. The Kier molecular flexibility index (Phi) is 2.52. The minimum absolute atomic E-state index is 0.292. The topological polar surface area (TPSA) is 32.3 Å². The van der Waals surface area contributed by atoms with E-state index in [4.69, 9.17) is 0 Å². The number of aryl methyl sites for hydroxylation is 1. The Balaban J connectivity index is 1.35. The van der Waals surface area contributed by atoms with E-state index in [1.165, 1.54) is 17.5 Å². The smallest absolute Gasteiger partial charge is 0.226 e. The van der Waals surface area contributed by atoms with Gasteiger partial charge in [0.05, 0.1) is 0 Å². The fourth-order valence-corrected chi connectivity index (χ4v) is 5.15. The first-order chi connectivity index (χ1) is 10.3. The largest absolute Gasteiger partial charge is 0.342 e. The van der Waals surface area contributed by atoms with Gasteiger partial charge in [0.2, 0.25) is 5.91 Å². The van der Waals surface area contributed by atoms with Crippen molar-refractivity contribution in [3.05, 3.63) is 35.4 Å². The average Bonchev–Trinajstić information content (AvgIpc) is 2.84. The molecule has 0 aromatic heterocycles. The fraction of sp³-hybridized carbons (Fsp3) is 0.611. The maximum atomic E-state index is 12.9. The zero-order valence-electron chi connectivity index (χ0n) is 12.3. The number of benzene rings is 1. The molecule has 1 N–H and O–H groups in total.